The number of halogens is 2. The van der Waals surface area contributed by atoms with Crippen LogP contribution >= 0.6 is 11.6 Å². The number of ether oxygens (including phenoxy) is 2. The molecule has 1 heterocycles. The normalized spacial score (nSPS) is 12.8. The average molecular weight is 436 g/mol. The minimum atomic E-state index is -1.23. The van der Waals surface area contributed by atoms with Gasteiger partial charge in [-0.15, -0.1) is 0 Å². The highest BCUT2D eigenvalue weighted by Crippen LogP contribution is 2.33. The molecule has 0 aliphatic rings. The molecule has 2 aromatic rings. The lowest BCUT2D eigenvalue weighted by atomic mass is 9.86. The Labute approximate surface area is 181 Å². The summed E-state index contributed by atoms with van der Waals surface area (Å²) in [7, 11) is 3.37. The summed E-state index contributed by atoms with van der Waals surface area (Å²) in [5.41, 5.74) is 3.75. The maximum Gasteiger partial charge on any atom is 0.340 e. The molecule has 2 rings (SSSR count). The van der Waals surface area contributed by atoms with Crippen molar-refractivity contribution in [1.82, 2.24) is 9.78 Å². The maximum atomic E-state index is 12.4. The van der Waals surface area contributed by atoms with Crippen LogP contribution in [0.1, 0.15) is 43.3 Å². The van der Waals surface area contributed by atoms with E-state index in [-0.39, 0.29) is 5.41 Å². The number of nitrogens with zero attached hydrogens (tertiary/aromatic N) is 3. The molecule has 0 fully saturated rings. The molecule has 0 bridgehead atoms. The van der Waals surface area contributed by atoms with Crippen molar-refractivity contribution in [3.8, 4) is 0 Å². The van der Waals surface area contributed by atoms with E-state index in [9.17, 15) is 9.18 Å². The highest BCUT2D eigenvalue weighted by molar-refractivity contribution is 6.33. The van der Waals surface area contributed by atoms with E-state index >= 15 is 0 Å². The first kappa shape index (κ1) is 23.6. The molecule has 8 heteroatoms. The highest BCUT2D eigenvalue weighted by Gasteiger charge is 2.22. The van der Waals surface area contributed by atoms with Crippen molar-refractivity contribution in [3.63, 3.8) is 0 Å². The number of carbonyl (C=O) groups is 1. The van der Waals surface area contributed by atoms with Gasteiger partial charge in [0.15, 0.2) is 12.4 Å². The first-order valence-electron chi connectivity index (χ1n) is 9.41. The van der Waals surface area contributed by atoms with Crippen LogP contribution in [0.5, 0.6) is 0 Å². The third kappa shape index (κ3) is 5.48. The van der Waals surface area contributed by atoms with E-state index in [1.165, 1.54) is 5.56 Å². The Morgan fingerprint density at radius 1 is 1.27 bits per heavy atom. The summed E-state index contributed by atoms with van der Waals surface area (Å²) >= 11 is 6.48. The molecule has 1 aromatic heterocycles. The van der Waals surface area contributed by atoms with Gasteiger partial charge in [0, 0.05) is 25.9 Å². The second-order valence-corrected chi connectivity index (χ2v) is 8.12. The van der Waals surface area contributed by atoms with Crippen molar-refractivity contribution < 1.29 is 18.7 Å². The molecule has 162 valence electrons. The van der Waals surface area contributed by atoms with Gasteiger partial charge in [0.1, 0.15) is 5.69 Å². The van der Waals surface area contributed by atoms with Gasteiger partial charge in [-0.25, -0.2) is 9.18 Å². The Hall–Kier alpha value is -2.67. The maximum absolute atomic E-state index is 12.4. The molecule has 1 aromatic carbocycles. The van der Waals surface area contributed by atoms with E-state index in [0.717, 1.165) is 5.56 Å². The Morgan fingerprint density at radius 3 is 2.37 bits per heavy atom. The van der Waals surface area contributed by atoms with Gasteiger partial charge >= 0.3 is 5.97 Å². The van der Waals surface area contributed by atoms with Gasteiger partial charge in [-0.2, -0.15) is 5.10 Å². The lowest BCUT2D eigenvalue weighted by molar-refractivity contribution is -0.152. The molecule has 6 nitrogen and oxygen atoms in total. The number of alkyl halides is 1. The van der Waals surface area contributed by atoms with Gasteiger partial charge in [0.25, 0.3) is 0 Å². The number of esters is 1. The number of hydrogen-bond donors (Lipinski definition) is 0. The van der Waals surface area contributed by atoms with E-state index in [0.29, 0.717) is 27.7 Å². The number of rotatable bonds is 7. The standard InChI is InChI=1S/C22H27ClFN3O3/c1-14-19(23)20(27(6)26-14)21(30-13-29-18(28)11-24)17(12-25-5)15-7-9-16(10-8-15)22(2,3)4/h7-10,12H,11,13H2,1-6H3/b21-17-,25-12?. The minimum absolute atomic E-state index is 0.00358. The Morgan fingerprint density at radius 2 is 1.90 bits per heavy atom. The molecule has 0 spiro atoms. The predicted molar refractivity (Wildman–Crippen MR) is 117 cm³/mol. The topological polar surface area (TPSA) is 65.7 Å². The van der Waals surface area contributed by atoms with Gasteiger partial charge in [-0.3, -0.25) is 9.67 Å². The number of allylic oxidation sites excluding steroid dienone is 1. The zero-order valence-electron chi connectivity index (χ0n) is 18.1. The SMILES string of the molecule is CN=C/C(=C(/OCOC(=O)CF)c1c(Cl)c(C)nn1C)c1ccc(C(C)(C)C)cc1. The van der Waals surface area contributed by atoms with Crippen LogP contribution < -0.4 is 0 Å². The lowest BCUT2D eigenvalue weighted by Crippen LogP contribution is -2.12. The van der Waals surface area contributed by atoms with Crippen LogP contribution in [-0.2, 0) is 26.7 Å². The van der Waals surface area contributed by atoms with Crippen molar-refractivity contribution in [3.05, 3.63) is 51.8 Å². The van der Waals surface area contributed by atoms with E-state index < -0.39 is 19.4 Å². The smallest absolute Gasteiger partial charge is 0.340 e. The summed E-state index contributed by atoms with van der Waals surface area (Å²) < 4.78 is 24.6. The van der Waals surface area contributed by atoms with Crippen LogP contribution in [0.4, 0.5) is 4.39 Å². The molecule has 0 radical (unpaired) electrons. The summed E-state index contributed by atoms with van der Waals surface area (Å²) in [5, 5.41) is 4.73. The Balaban J connectivity index is 2.63. The first-order valence-corrected chi connectivity index (χ1v) is 9.79. The predicted octanol–water partition coefficient (Wildman–Crippen LogP) is 4.74. The van der Waals surface area contributed by atoms with Gasteiger partial charge < -0.3 is 9.47 Å². The highest BCUT2D eigenvalue weighted by atomic mass is 35.5. The average Bonchev–Trinajstić information content (AvgIpc) is 2.95. The molecule has 0 saturated heterocycles. The Kier molecular flexibility index (Phi) is 7.78. The fourth-order valence-corrected chi connectivity index (χ4v) is 3.13. The third-order valence-electron chi connectivity index (χ3n) is 4.46. The molecule has 0 aliphatic carbocycles. The molecule has 30 heavy (non-hydrogen) atoms. The van der Waals surface area contributed by atoms with Gasteiger partial charge in [0.2, 0.25) is 6.79 Å². The molecule has 0 atom stereocenters. The molecule has 0 saturated carbocycles. The minimum Gasteiger partial charge on any atom is -0.454 e. The van der Waals surface area contributed by atoms with Gasteiger partial charge in [-0.1, -0.05) is 56.6 Å². The summed E-state index contributed by atoms with van der Waals surface area (Å²) in [6.45, 7) is 6.48. The van der Waals surface area contributed by atoms with E-state index in [1.807, 2.05) is 24.3 Å². The Bertz CT molecular complexity index is 957. The van der Waals surface area contributed by atoms with Crippen molar-refractivity contribution in [2.24, 2.45) is 12.0 Å². The summed E-state index contributed by atoms with van der Waals surface area (Å²) in [4.78, 5) is 15.4. The summed E-state index contributed by atoms with van der Waals surface area (Å²) in [6.07, 6.45) is 1.64. The van der Waals surface area contributed by atoms with Crippen LogP contribution in [-0.4, -0.2) is 42.5 Å². The number of aromatic nitrogens is 2. The molecular weight excluding hydrogens is 409 g/mol. The van der Waals surface area contributed by atoms with E-state index in [4.69, 9.17) is 21.1 Å². The molecule has 0 N–H and O–H groups in total. The van der Waals surface area contributed by atoms with Crippen LogP contribution in [0, 0.1) is 6.92 Å². The van der Waals surface area contributed by atoms with Crippen LogP contribution in [0.25, 0.3) is 11.3 Å². The van der Waals surface area contributed by atoms with Crippen LogP contribution in [0.15, 0.2) is 29.3 Å². The van der Waals surface area contributed by atoms with Crippen LogP contribution in [0.3, 0.4) is 0 Å². The van der Waals surface area contributed by atoms with Gasteiger partial charge in [-0.05, 0) is 23.5 Å². The fraction of sp³-hybridized carbons (Fsp3) is 0.409. The van der Waals surface area contributed by atoms with Crippen molar-refractivity contribution in [2.45, 2.75) is 33.1 Å². The molecule has 0 amide bonds. The molecular formula is C22H27ClFN3O3. The van der Waals surface area contributed by atoms with Crippen molar-refractivity contribution >= 4 is 35.1 Å². The fourth-order valence-electron chi connectivity index (χ4n) is 2.89. The quantitative estimate of drug-likeness (QED) is 0.273. The summed E-state index contributed by atoms with van der Waals surface area (Å²) in [6, 6.07) is 8.00. The number of hydrogen-bond acceptors (Lipinski definition) is 5. The second-order valence-electron chi connectivity index (χ2n) is 7.74. The zero-order valence-corrected chi connectivity index (χ0v) is 18.9. The number of aliphatic imine (C=N–C) groups is 1. The number of carbonyl (C=O) groups excluding carboxylic acids is 1. The largest absolute Gasteiger partial charge is 0.454 e. The number of aryl methyl sites for hydroxylation is 2. The lowest BCUT2D eigenvalue weighted by Gasteiger charge is -2.20. The van der Waals surface area contributed by atoms with Crippen molar-refractivity contribution in [2.75, 3.05) is 20.5 Å². The van der Waals surface area contributed by atoms with Gasteiger partial charge in [0.05, 0.1) is 10.7 Å². The monoisotopic (exact) mass is 435 g/mol. The number of benzene rings is 1. The first-order chi connectivity index (χ1) is 14.1. The van der Waals surface area contributed by atoms with Crippen LogP contribution in [0.2, 0.25) is 5.02 Å². The molecule has 0 unspecified atom stereocenters. The summed E-state index contributed by atoms with van der Waals surface area (Å²) in [5.74, 6) is -0.689. The van der Waals surface area contributed by atoms with E-state index in [1.54, 1.807) is 31.9 Å². The second kappa shape index (κ2) is 9.89. The third-order valence-corrected chi connectivity index (χ3v) is 4.91. The molecule has 0 aliphatic heterocycles. The van der Waals surface area contributed by atoms with E-state index in [2.05, 4.69) is 30.9 Å². The van der Waals surface area contributed by atoms with Crippen molar-refractivity contribution in [1.29, 1.82) is 0 Å². The zero-order chi connectivity index (χ0) is 22.5.